The van der Waals surface area contributed by atoms with E-state index < -0.39 is 0 Å². The number of carbonyl (C=O) groups excluding carboxylic acids is 1. The summed E-state index contributed by atoms with van der Waals surface area (Å²) in [6, 6.07) is 1.76. The molecule has 0 fully saturated rings. The summed E-state index contributed by atoms with van der Waals surface area (Å²) in [5.41, 5.74) is 0.966. The summed E-state index contributed by atoms with van der Waals surface area (Å²) in [6.07, 6.45) is 7.25. The quantitative estimate of drug-likeness (QED) is 0.813. The Kier molecular flexibility index (Phi) is 3.00. The van der Waals surface area contributed by atoms with Gasteiger partial charge in [-0.05, 0) is 6.07 Å². The number of rotatable bonds is 3. The number of nitrogens with zero attached hydrogens (tertiary/aromatic N) is 4. The van der Waals surface area contributed by atoms with Gasteiger partial charge < -0.3 is 5.32 Å². The van der Waals surface area contributed by atoms with Crippen LogP contribution in [0.2, 0.25) is 0 Å². The highest BCUT2D eigenvalue weighted by atomic mass is 16.2. The van der Waals surface area contributed by atoms with Crippen LogP contribution in [0.4, 0.5) is 4.79 Å². The molecule has 2 aromatic heterocycles. The van der Waals surface area contributed by atoms with Gasteiger partial charge in [0.1, 0.15) is 6.33 Å². The van der Waals surface area contributed by atoms with Gasteiger partial charge in [0.2, 0.25) is 0 Å². The molecule has 0 unspecified atom stereocenters. The maximum atomic E-state index is 11.5. The van der Waals surface area contributed by atoms with Crippen LogP contribution < -0.4 is 5.32 Å². The Morgan fingerprint density at radius 2 is 2.38 bits per heavy atom. The summed E-state index contributed by atoms with van der Waals surface area (Å²) in [4.78, 5) is 15.3. The minimum Gasteiger partial charge on any atom is -0.337 e. The Hall–Kier alpha value is -2.11. The Morgan fingerprint density at radius 1 is 1.50 bits per heavy atom. The molecule has 0 saturated heterocycles. The lowest BCUT2D eigenvalue weighted by Gasteiger charge is -2.03. The van der Waals surface area contributed by atoms with E-state index in [1.54, 1.807) is 17.1 Å². The highest BCUT2D eigenvalue weighted by Gasteiger charge is 2.02. The first-order valence-corrected chi connectivity index (χ1v) is 5.00. The van der Waals surface area contributed by atoms with E-state index >= 15 is 0 Å². The molecule has 0 atom stereocenters. The maximum Gasteiger partial charge on any atom is 0.326 e. The van der Waals surface area contributed by atoms with E-state index in [1.807, 2.05) is 19.3 Å². The van der Waals surface area contributed by atoms with Gasteiger partial charge in [-0.15, -0.1) is 0 Å². The molecule has 1 N–H and O–H groups in total. The zero-order valence-corrected chi connectivity index (χ0v) is 9.00. The van der Waals surface area contributed by atoms with Gasteiger partial charge >= 0.3 is 6.03 Å². The van der Waals surface area contributed by atoms with Gasteiger partial charge in [-0.1, -0.05) is 0 Å². The van der Waals surface area contributed by atoms with E-state index in [-0.39, 0.29) is 6.03 Å². The van der Waals surface area contributed by atoms with Gasteiger partial charge in [-0.25, -0.2) is 9.78 Å². The van der Waals surface area contributed by atoms with E-state index in [4.69, 9.17) is 0 Å². The second-order valence-electron chi connectivity index (χ2n) is 3.43. The van der Waals surface area contributed by atoms with Crippen molar-refractivity contribution in [1.29, 1.82) is 0 Å². The van der Waals surface area contributed by atoms with Crippen molar-refractivity contribution in [3.8, 4) is 0 Å². The van der Waals surface area contributed by atoms with E-state index in [2.05, 4.69) is 15.4 Å². The molecule has 0 aliphatic carbocycles. The zero-order valence-electron chi connectivity index (χ0n) is 9.00. The molecule has 16 heavy (non-hydrogen) atoms. The molecule has 0 aliphatic rings. The van der Waals surface area contributed by atoms with Crippen LogP contribution in [0.3, 0.4) is 0 Å². The average molecular weight is 219 g/mol. The van der Waals surface area contributed by atoms with E-state index in [0.29, 0.717) is 6.54 Å². The molecule has 0 saturated carbocycles. The first-order valence-electron chi connectivity index (χ1n) is 5.00. The number of amides is 1. The van der Waals surface area contributed by atoms with Crippen molar-refractivity contribution in [2.24, 2.45) is 7.05 Å². The molecule has 6 nitrogen and oxygen atoms in total. The summed E-state index contributed by atoms with van der Waals surface area (Å²) < 4.78 is 3.14. The topological polar surface area (TPSA) is 64.7 Å². The first kappa shape index (κ1) is 10.4. The fourth-order valence-electron chi connectivity index (χ4n) is 1.36. The summed E-state index contributed by atoms with van der Waals surface area (Å²) in [7, 11) is 1.87. The van der Waals surface area contributed by atoms with Gasteiger partial charge in [0.15, 0.2) is 0 Å². The molecule has 0 radical (unpaired) electrons. The molecule has 0 aliphatic heterocycles. The first-order chi connectivity index (χ1) is 7.75. The zero-order chi connectivity index (χ0) is 11.4. The van der Waals surface area contributed by atoms with Crippen LogP contribution in [0.1, 0.15) is 5.69 Å². The SMILES string of the molecule is Cn1ccc(CCNC(=O)n2ccnc2)n1. The van der Waals surface area contributed by atoms with Gasteiger partial charge in [-0.3, -0.25) is 9.25 Å². The monoisotopic (exact) mass is 219 g/mol. The van der Waals surface area contributed by atoms with Crippen molar-refractivity contribution in [2.75, 3.05) is 6.54 Å². The van der Waals surface area contributed by atoms with Gasteiger partial charge in [0.25, 0.3) is 0 Å². The summed E-state index contributed by atoms with van der Waals surface area (Å²) in [5.74, 6) is 0. The number of carbonyl (C=O) groups is 1. The minimum atomic E-state index is -0.173. The van der Waals surface area contributed by atoms with Crippen molar-refractivity contribution >= 4 is 6.03 Å². The van der Waals surface area contributed by atoms with E-state index in [9.17, 15) is 4.79 Å². The lowest BCUT2D eigenvalue weighted by atomic mass is 10.3. The Labute approximate surface area is 92.9 Å². The number of imidazole rings is 1. The van der Waals surface area contributed by atoms with Gasteiger partial charge in [0, 0.05) is 38.6 Å². The summed E-state index contributed by atoms with van der Waals surface area (Å²) in [6.45, 7) is 0.564. The maximum absolute atomic E-state index is 11.5. The predicted molar refractivity (Wildman–Crippen MR) is 57.9 cm³/mol. The van der Waals surface area contributed by atoms with Crippen LogP contribution >= 0.6 is 0 Å². The largest absolute Gasteiger partial charge is 0.337 e. The summed E-state index contributed by atoms with van der Waals surface area (Å²) in [5, 5.41) is 6.99. The highest BCUT2D eigenvalue weighted by Crippen LogP contribution is 1.94. The molecule has 2 heterocycles. The number of aryl methyl sites for hydroxylation is 1. The highest BCUT2D eigenvalue weighted by molar-refractivity contribution is 5.76. The van der Waals surface area contributed by atoms with Gasteiger partial charge in [0.05, 0.1) is 5.69 Å². The Bertz CT molecular complexity index is 459. The number of hydrogen-bond donors (Lipinski definition) is 1. The average Bonchev–Trinajstić information content (AvgIpc) is 2.89. The number of nitrogens with one attached hydrogen (secondary N) is 1. The number of aromatic nitrogens is 4. The van der Waals surface area contributed by atoms with Crippen molar-refractivity contribution in [3.63, 3.8) is 0 Å². The standard InChI is InChI=1S/C10H13N5O/c1-14-6-3-9(13-14)2-4-12-10(16)15-7-5-11-8-15/h3,5-8H,2,4H2,1H3,(H,12,16). The van der Waals surface area contributed by atoms with Crippen molar-refractivity contribution in [1.82, 2.24) is 24.6 Å². The van der Waals surface area contributed by atoms with E-state index in [0.717, 1.165) is 12.1 Å². The third-order valence-electron chi connectivity index (χ3n) is 2.17. The molecule has 0 bridgehead atoms. The van der Waals surface area contributed by atoms with Crippen molar-refractivity contribution in [3.05, 3.63) is 36.7 Å². The van der Waals surface area contributed by atoms with Crippen LogP contribution in [0.25, 0.3) is 0 Å². The Morgan fingerprint density at radius 3 is 3.00 bits per heavy atom. The third kappa shape index (κ3) is 2.47. The number of hydrogen-bond acceptors (Lipinski definition) is 3. The fourth-order valence-corrected chi connectivity index (χ4v) is 1.36. The minimum absolute atomic E-state index is 0.173. The lowest BCUT2D eigenvalue weighted by molar-refractivity contribution is 0.242. The lowest BCUT2D eigenvalue weighted by Crippen LogP contribution is -2.29. The Balaban J connectivity index is 1.78. The molecule has 0 spiro atoms. The van der Waals surface area contributed by atoms with E-state index in [1.165, 1.54) is 10.9 Å². The van der Waals surface area contributed by atoms with Crippen LogP contribution in [-0.2, 0) is 13.5 Å². The fraction of sp³-hybridized carbons (Fsp3) is 0.300. The normalized spacial score (nSPS) is 10.3. The second-order valence-corrected chi connectivity index (χ2v) is 3.43. The van der Waals surface area contributed by atoms with Crippen LogP contribution in [0, 0.1) is 0 Å². The molecule has 6 heteroatoms. The smallest absolute Gasteiger partial charge is 0.326 e. The van der Waals surface area contributed by atoms with Gasteiger partial charge in [-0.2, -0.15) is 5.10 Å². The molecular weight excluding hydrogens is 206 g/mol. The molecule has 84 valence electrons. The molecule has 0 aromatic carbocycles. The van der Waals surface area contributed by atoms with Crippen LogP contribution in [-0.4, -0.2) is 31.9 Å². The van der Waals surface area contributed by atoms with Crippen molar-refractivity contribution in [2.45, 2.75) is 6.42 Å². The summed E-state index contributed by atoms with van der Waals surface area (Å²) >= 11 is 0. The van der Waals surface area contributed by atoms with Crippen LogP contribution in [0.15, 0.2) is 31.0 Å². The van der Waals surface area contributed by atoms with Crippen molar-refractivity contribution < 1.29 is 4.79 Å². The molecule has 2 aromatic rings. The molecule has 1 amide bonds. The van der Waals surface area contributed by atoms with Crippen LogP contribution in [0.5, 0.6) is 0 Å². The molecular formula is C10H13N5O. The predicted octanol–water partition coefficient (Wildman–Crippen LogP) is 0.417. The third-order valence-corrected chi connectivity index (χ3v) is 2.17. The second kappa shape index (κ2) is 4.61. The molecule has 2 rings (SSSR count).